The van der Waals surface area contributed by atoms with E-state index >= 15 is 0 Å². The van der Waals surface area contributed by atoms with Crippen molar-refractivity contribution in [2.45, 2.75) is 6.18 Å². The fraction of sp³-hybridized carbons (Fsp3) is 0.0588. The van der Waals surface area contributed by atoms with Crippen LogP contribution in [0.4, 0.5) is 17.6 Å². The van der Waals surface area contributed by atoms with Crippen LogP contribution < -0.4 is 5.56 Å². The summed E-state index contributed by atoms with van der Waals surface area (Å²) < 4.78 is 53.5. The van der Waals surface area contributed by atoms with Crippen LogP contribution in [-0.2, 0) is 6.18 Å². The zero-order valence-corrected chi connectivity index (χ0v) is 13.5. The monoisotopic (exact) mass is 384 g/mol. The number of phenolic OH excluding ortho intramolecular Hbond substituents is 1. The SMILES string of the molecule is O=c1c(-c2ccc(O)c(F)c2)cncn1-c1ccc(Cl)c(C(F)(F)F)c1. The van der Waals surface area contributed by atoms with Crippen molar-refractivity contribution < 1.29 is 22.7 Å². The van der Waals surface area contributed by atoms with Crippen LogP contribution >= 0.6 is 11.6 Å². The van der Waals surface area contributed by atoms with E-state index in [0.29, 0.717) is 0 Å². The van der Waals surface area contributed by atoms with Crippen LogP contribution in [0, 0.1) is 5.82 Å². The summed E-state index contributed by atoms with van der Waals surface area (Å²) in [5, 5.41) is 8.73. The molecule has 1 heterocycles. The first-order chi connectivity index (χ1) is 12.2. The lowest BCUT2D eigenvalue weighted by Crippen LogP contribution is -2.21. The summed E-state index contributed by atoms with van der Waals surface area (Å²) in [5.74, 6) is -1.53. The van der Waals surface area contributed by atoms with Gasteiger partial charge in [0.25, 0.3) is 5.56 Å². The Morgan fingerprint density at radius 2 is 1.85 bits per heavy atom. The summed E-state index contributed by atoms with van der Waals surface area (Å²) >= 11 is 5.58. The van der Waals surface area contributed by atoms with Gasteiger partial charge in [-0.15, -0.1) is 0 Å². The highest BCUT2D eigenvalue weighted by Crippen LogP contribution is 2.35. The zero-order valence-electron chi connectivity index (χ0n) is 12.8. The van der Waals surface area contributed by atoms with Gasteiger partial charge in [0.15, 0.2) is 11.6 Å². The molecule has 0 atom stereocenters. The summed E-state index contributed by atoms with van der Waals surface area (Å²) in [6.07, 6.45) is -2.49. The highest BCUT2D eigenvalue weighted by Gasteiger charge is 2.33. The molecule has 26 heavy (non-hydrogen) atoms. The lowest BCUT2D eigenvalue weighted by atomic mass is 10.1. The maximum absolute atomic E-state index is 13.5. The lowest BCUT2D eigenvalue weighted by molar-refractivity contribution is -0.137. The summed E-state index contributed by atoms with van der Waals surface area (Å²) in [6, 6.07) is 6.28. The third-order valence-corrected chi connectivity index (χ3v) is 3.96. The minimum Gasteiger partial charge on any atom is -0.505 e. The van der Waals surface area contributed by atoms with E-state index in [0.717, 1.165) is 41.4 Å². The van der Waals surface area contributed by atoms with Crippen molar-refractivity contribution in [1.82, 2.24) is 9.55 Å². The molecule has 1 N–H and O–H groups in total. The van der Waals surface area contributed by atoms with Crippen molar-refractivity contribution in [2.24, 2.45) is 0 Å². The molecule has 0 spiro atoms. The maximum Gasteiger partial charge on any atom is 0.417 e. The molecule has 1 aromatic heterocycles. The summed E-state index contributed by atoms with van der Waals surface area (Å²) in [5.41, 5.74) is -1.82. The average molecular weight is 385 g/mol. The molecule has 0 amide bonds. The van der Waals surface area contributed by atoms with Gasteiger partial charge in [0.1, 0.15) is 6.33 Å². The Morgan fingerprint density at radius 1 is 1.12 bits per heavy atom. The fourth-order valence-electron chi connectivity index (χ4n) is 2.35. The molecule has 0 aliphatic heterocycles. The highest BCUT2D eigenvalue weighted by atomic mass is 35.5. The number of rotatable bonds is 2. The van der Waals surface area contributed by atoms with Gasteiger partial charge < -0.3 is 5.11 Å². The van der Waals surface area contributed by atoms with Crippen LogP contribution in [-0.4, -0.2) is 14.7 Å². The van der Waals surface area contributed by atoms with E-state index in [1.54, 1.807) is 0 Å². The molecule has 0 unspecified atom stereocenters. The number of alkyl halides is 3. The smallest absolute Gasteiger partial charge is 0.417 e. The number of hydrogen-bond donors (Lipinski definition) is 1. The summed E-state index contributed by atoms with van der Waals surface area (Å²) in [7, 11) is 0. The van der Waals surface area contributed by atoms with Crippen molar-refractivity contribution in [3.63, 3.8) is 0 Å². The van der Waals surface area contributed by atoms with E-state index in [-0.39, 0.29) is 16.8 Å². The van der Waals surface area contributed by atoms with Gasteiger partial charge in [-0.05, 0) is 35.9 Å². The molecule has 0 radical (unpaired) electrons. The first-order valence-electron chi connectivity index (χ1n) is 7.11. The second kappa shape index (κ2) is 6.45. The molecule has 3 aromatic rings. The summed E-state index contributed by atoms with van der Waals surface area (Å²) in [4.78, 5) is 16.5. The largest absolute Gasteiger partial charge is 0.505 e. The average Bonchev–Trinajstić information content (AvgIpc) is 2.57. The number of nitrogens with zero attached hydrogens (tertiary/aromatic N) is 2. The quantitative estimate of drug-likeness (QED) is 0.666. The molecule has 0 saturated heterocycles. The van der Waals surface area contributed by atoms with Crippen molar-refractivity contribution >= 4 is 11.6 Å². The molecule has 3 rings (SSSR count). The Morgan fingerprint density at radius 3 is 2.50 bits per heavy atom. The molecule has 0 aliphatic carbocycles. The molecule has 0 aliphatic rings. The number of hydrogen-bond acceptors (Lipinski definition) is 3. The normalized spacial score (nSPS) is 11.6. The first-order valence-corrected chi connectivity index (χ1v) is 7.49. The van der Waals surface area contributed by atoms with Gasteiger partial charge in [-0.25, -0.2) is 9.37 Å². The Balaban J connectivity index is 2.17. The van der Waals surface area contributed by atoms with Gasteiger partial charge >= 0.3 is 6.18 Å². The predicted molar refractivity (Wildman–Crippen MR) is 86.9 cm³/mol. The fourth-order valence-corrected chi connectivity index (χ4v) is 2.57. The molecule has 0 fully saturated rings. The molecular formula is C17H9ClF4N2O2. The standard InChI is InChI=1S/C17H9ClF4N2O2/c18-13-3-2-10(6-12(13)17(20,21)22)24-8-23-7-11(16(24)26)9-1-4-15(25)14(19)5-9/h1-8,25H. The van der Waals surface area contributed by atoms with Crippen LogP contribution in [0.15, 0.2) is 53.7 Å². The third kappa shape index (κ3) is 3.28. The van der Waals surface area contributed by atoms with Gasteiger partial charge in [-0.2, -0.15) is 13.2 Å². The number of phenols is 1. The van der Waals surface area contributed by atoms with Crippen LogP contribution in [0.25, 0.3) is 16.8 Å². The van der Waals surface area contributed by atoms with E-state index in [2.05, 4.69) is 4.98 Å². The van der Waals surface area contributed by atoms with Crippen LogP contribution in [0.2, 0.25) is 5.02 Å². The van der Waals surface area contributed by atoms with Crippen LogP contribution in [0.3, 0.4) is 0 Å². The van der Waals surface area contributed by atoms with Gasteiger partial charge in [0.05, 0.1) is 21.8 Å². The van der Waals surface area contributed by atoms with Gasteiger partial charge in [-0.1, -0.05) is 17.7 Å². The number of halogens is 5. The Labute approximate surface area is 148 Å². The molecule has 9 heteroatoms. The van der Waals surface area contributed by atoms with E-state index in [9.17, 15) is 27.5 Å². The van der Waals surface area contributed by atoms with Crippen molar-refractivity contribution in [1.29, 1.82) is 0 Å². The van der Waals surface area contributed by atoms with E-state index in [1.807, 2.05) is 0 Å². The second-order valence-electron chi connectivity index (χ2n) is 5.31. The Hall–Kier alpha value is -2.87. The highest BCUT2D eigenvalue weighted by molar-refractivity contribution is 6.31. The minimum absolute atomic E-state index is 0.0464. The van der Waals surface area contributed by atoms with Crippen molar-refractivity contribution in [3.05, 3.63) is 75.7 Å². The molecule has 2 aromatic carbocycles. The minimum atomic E-state index is -4.69. The van der Waals surface area contributed by atoms with E-state index in [1.165, 1.54) is 12.1 Å². The van der Waals surface area contributed by atoms with Crippen LogP contribution in [0.1, 0.15) is 5.56 Å². The number of benzene rings is 2. The molecule has 4 nitrogen and oxygen atoms in total. The first kappa shape index (κ1) is 17.9. The zero-order chi connectivity index (χ0) is 19.1. The van der Waals surface area contributed by atoms with Crippen molar-refractivity contribution in [2.75, 3.05) is 0 Å². The molecule has 134 valence electrons. The van der Waals surface area contributed by atoms with Gasteiger partial charge in [0.2, 0.25) is 0 Å². The maximum atomic E-state index is 13.5. The van der Waals surface area contributed by atoms with Gasteiger partial charge in [0, 0.05) is 6.20 Å². The predicted octanol–water partition coefficient (Wildman–Crippen LogP) is 4.42. The Kier molecular flexibility index (Phi) is 4.45. The van der Waals surface area contributed by atoms with E-state index in [4.69, 9.17) is 11.6 Å². The molecule has 0 bridgehead atoms. The number of aromatic hydroxyl groups is 1. The topological polar surface area (TPSA) is 55.1 Å². The second-order valence-corrected chi connectivity index (χ2v) is 5.72. The third-order valence-electron chi connectivity index (χ3n) is 3.63. The van der Waals surface area contributed by atoms with Crippen molar-refractivity contribution in [3.8, 4) is 22.6 Å². The molecule has 0 saturated carbocycles. The van der Waals surface area contributed by atoms with Crippen LogP contribution in [0.5, 0.6) is 5.75 Å². The lowest BCUT2D eigenvalue weighted by Gasteiger charge is -2.13. The van der Waals surface area contributed by atoms with E-state index < -0.39 is 33.9 Å². The number of aromatic nitrogens is 2. The van der Waals surface area contributed by atoms with Gasteiger partial charge in [-0.3, -0.25) is 9.36 Å². The summed E-state index contributed by atoms with van der Waals surface area (Å²) in [6.45, 7) is 0. The Bertz CT molecular complexity index is 1050. The molecular weight excluding hydrogens is 376 g/mol.